The van der Waals surface area contributed by atoms with Crippen molar-refractivity contribution in [2.75, 3.05) is 42.1 Å². The van der Waals surface area contributed by atoms with Crippen LogP contribution in [0.25, 0.3) is 0 Å². The number of hydrogen-bond donors (Lipinski definition) is 1. The molecule has 3 heterocycles. The molecule has 8 nitrogen and oxygen atoms in total. The van der Waals surface area contributed by atoms with E-state index in [1.54, 1.807) is 24.8 Å². The monoisotopic (exact) mass is 471 g/mol. The van der Waals surface area contributed by atoms with Gasteiger partial charge in [-0.1, -0.05) is 5.16 Å². The Morgan fingerprint density at radius 3 is 2.66 bits per heavy atom. The van der Waals surface area contributed by atoms with Gasteiger partial charge in [-0.15, -0.1) is 11.8 Å². The molecule has 0 bridgehead atoms. The molecule has 12 heteroatoms. The molecule has 2 amide bonds. The molecule has 1 atom stereocenters. The second-order valence-corrected chi connectivity index (χ2v) is 8.72. The largest absolute Gasteiger partial charge is 0.417 e. The van der Waals surface area contributed by atoms with Gasteiger partial charge in [-0.25, -0.2) is 4.98 Å². The molecule has 2 aromatic heterocycles. The summed E-state index contributed by atoms with van der Waals surface area (Å²) in [4.78, 5) is 32.4. The summed E-state index contributed by atoms with van der Waals surface area (Å²) in [5, 5.41) is 5.89. The van der Waals surface area contributed by atoms with Crippen LogP contribution in [0.2, 0.25) is 0 Å². The Morgan fingerprint density at radius 1 is 1.25 bits per heavy atom. The summed E-state index contributed by atoms with van der Waals surface area (Å²) < 4.78 is 43.1. The van der Waals surface area contributed by atoms with Gasteiger partial charge >= 0.3 is 6.18 Å². The molecule has 0 aliphatic carbocycles. The van der Waals surface area contributed by atoms with Crippen molar-refractivity contribution in [1.29, 1.82) is 0 Å². The number of pyridine rings is 1. The molecule has 32 heavy (non-hydrogen) atoms. The molecule has 1 saturated heterocycles. The number of halogens is 3. The Bertz CT molecular complexity index is 935. The number of nitrogens with zero attached hydrogens (tertiary/aromatic N) is 4. The fourth-order valence-electron chi connectivity index (χ4n) is 3.15. The van der Waals surface area contributed by atoms with Gasteiger partial charge in [0.25, 0.3) is 0 Å². The van der Waals surface area contributed by atoms with Gasteiger partial charge in [0.15, 0.2) is 5.82 Å². The first-order valence-corrected chi connectivity index (χ1v) is 11.1. The third kappa shape index (κ3) is 6.38. The minimum Gasteiger partial charge on any atom is -0.360 e. The first-order chi connectivity index (χ1) is 15.1. The fourth-order valence-corrected chi connectivity index (χ4v) is 3.94. The maximum Gasteiger partial charge on any atom is 0.417 e. The number of carbonyl (C=O) groups is 2. The third-order valence-corrected chi connectivity index (χ3v) is 6.08. The summed E-state index contributed by atoms with van der Waals surface area (Å²) >= 11 is 1.23. The standard InChI is InChI=1S/C20H24F3N5O3S/c1-13-10-16(26-31-13)25-19(30)14(2)32-12-18(29)28-7-3-6-27(8-9-28)17-5-4-15(11-24-17)20(21,22)23/h4-5,10-11,14H,3,6-9,12H2,1-2H3,(H,25,26,30). The summed E-state index contributed by atoms with van der Waals surface area (Å²) in [6, 6.07) is 3.97. The Kier molecular flexibility index (Phi) is 7.64. The number of alkyl halides is 3. The van der Waals surface area contributed by atoms with Crippen LogP contribution in [0, 0.1) is 6.92 Å². The maximum absolute atomic E-state index is 12.7. The quantitative estimate of drug-likeness (QED) is 0.692. The second-order valence-electron chi connectivity index (χ2n) is 7.39. The lowest BCUT2D eigenvalue weighted by molar-refractivity contribution is -0.137. The van der Waals surface area contributed by atoms with Crippen LogP contribution in [-0.4, -0.2) is 64.0 Å². The number of rotatable bonds is 6. The van der Waals surface area contributed by atoms with Gasteiger partial charge in [-0.2, -0.15) is 13.2 Å². The van der Waals surface area contributed by atoms with Crippen molar-refractivity contribution in [3.8, 4) is 0 Å². The normalized spacial score (nSPS) is 15.9. The molecule has 0 spiro atoms. The van der Waals surface area contributed by atoms with E-state index in [0.29, 0.717) is 50.0 Å². The summed E-state index contributed by atoms with van der Waals surface area (Å²) in [5.74, 6) is 1.15. The first-order valence-electron chi connectivity index (χ1n) is 10.1. The highest BCUT2D eigenvalue weighted by Crippen LogP contribution is 2.29. The average molecular weight is 472 g/mol. The molecule has 0 radical (unpaired) electrons. The van der Waals surface area contributed by atoms with Crippen LogP contribution in [0.3, 0.4) is 0 Å². The Balaban J connectivity index is 1.47. The molecule has 2 aromatic rings. The average Bonchev–Trinajstić information content (AvgIpc) is 3.00. The number of nitrogens with one attached hydrogen (secondary N) is 1. The van der Waals surface area contributed by atoms with E-state index in [1.165, 1.54) is 17.8 Å². The maximum atomic E-state index is 12.7. The molecule has 1 aliphatic heterocycles. The number of aromatic nitrogens is 2. The number of anilines is 2. The lowest BCUT2D eigenvalue weighted by atomic mass is 10.2. The van der Waals surface area contributed by atoms with Gasteiger partial charge in [-0.05, 0) is 32.4 Å². The minimum absolute atomic E-state index is 0.0887. The van der Waals surface area contributed by atoms with Gasteiger partial charge in [0.05, 0.1) is 16.6 Å². The lowest BCUT2D eigenvalue weighted by Gasteiger charge is -2.23. The SMILES string of the molecule is Cc1cc(NC(=O)C(C)SCC(=O)N2CCCN(c3ccc(C(F)(F)F)cn3)CC2)no1. The van der Waals surface area contributed by atoms with E-state index in [-0.39, 0.29) is 17.6 Å². The van der Waals surface area contributed by atoms with E-state index in [1.807, 2.05) is 4.90 Å². The van der Waals surface area contributed by atoms with E-state index in [9.17, 15) is 22.8 Å². The van der Waals surface area contributed by atoms with Crippen LogP contribution >= 0.6 is 11.8 Å². The van der Waals surface area contributed by atoms with Crippen LogP contribution in [-0.2, 0) is 15.8 Å². The molecule has 1 N–H and O–H groups in total. The van der Waals surface area contributed by atoms with E-state index in [2.05, 4.69) is 15.5 Å². The highest BCUT2D eigenvalue weighted by atomic mass is 32.2. The van der Waals surface area contributed by atoms with Gasteiger partial charge in [0.1, 0.15) is 11.6 Å². The van der Waals surface area contributed by atoms with Crippen molar-refractivity contribution in [1.82, 2.24) is 15.0 Å². The number of aryl methyl sites for hydroxylation is 1. The van der Waals surface area contributed by atoms with E-state index in [0.717, 1.165) is 12.3 Å². The van der Waals surface area contributed by atoms with E-state index >= 15 is 0 Å². The lowest BCUT2D eigenvalue weighted by Crippen LogP contribution is -2.37. The van der Waals surface area contributed by atoms with Crippen molar-refractivity contribution in [2.24, 2.45) is 0 Å². The summed E-state index contributed by atoms with van der Waals surface area (Å²) in [6.45, 7) is 5.45. The zero-order valence-corrected chi connectivity index (χ0v) is 18.5. The van der Waals surface area contributed by atoms with Crippen molar-refractivity contribution in [2.45, 2.75) is 31.7 Å². The Morgan fingerprint density at radius 2 is 2.03 bits per heavy atom. The third-order valence-electron chi connectivity index (χ3n) is 4.95. The molecule has 0 saturated carbocycles. The predicted octanol–water partition coefficient (Wildman–Crippen LogP) is 3.20. The fraction of sp³-hybridized carbons (Fsp3) is 0.500. The van der Waals surface area contributed by atoms with Crippen LogP contribution in [0.4, 0.5) is 24.8 Å². The molecule has 174 valence electrons. The van der Waals surface area contributed by atoms with Gasteiger partial charge in [-0.3, -0.25) is 9.59 Å². The molecular formula is C20H24F3N5O3S. The first kappa shape index (κ1) is 23.9. The van der Waals surface area contributed by atoms with E-state index < -0.39 is 17.0 Å². The summed E-state index contributed by atoms with van der Waals surface area (Å²) in [7, 11) is 0. The van der Waals surface area contributed by atoms with Gasteiger partial charge < -0.3 is 19.6 Å². The van der Waals surface area contributed by atoms with Crippen LogP contribution in [0.15, 0.2) is 28.9 Å². The molecular weight excluding hydrogens is 447 g/mol. The summed E-state index contributed by atoms with van der Waals surface area (Å²) in [5.41, 5.74) is -0.790. The van der Waals surface area contributed by atoms with Crippen molar-refractivity contribution in [3.05, 3.63) is 35.7 Å². The molecule has 1 unspecified atom stereocenters. The molecule has 1 aliphatic rings. The van der Waals surface area contributed by atoms with Gasteiger partial charge in [0, 0.05) is 38.4 Å². The van der Waals surface area contributed by atoms with Crippen molar-refractivity contribution < 1.29 is 27.3 Å². The van der Waals surface area contributed by atoms with Crippen LogP contribution in [0.1, 0.15) is 24.7 Å². The molecule has 1 fully saturated rings. The number of carbonyl (C=O) groups excluding carboxylic acids is 2. The number of amides is 2. The number of thioether (sulfide) groups is 1. The van der Waals surface area contributed by atoms with Crippen molar-refractivity contribution in [3.63, 3.8) is 0 Å². The Labute approximate surface area is 187 Å². The van der Waals surface area contributed by atoms with E-state index in [4.69, 9.17) is 4.52 Å². The second kappa shape index (κ2) is 10.2. The highest BCUT2D eigenvalue weighted by molar-refractivity contribution is 8.01. The molecule has 0 aromatic carbocycles. The van der Waals surface area contributed by atoms with Crippen LogP contribution in [0.5, 0.6) is 0 Å². The van der Waals surface area contributed by atoms with Crippen LogP contribution < -0.4 is 10.2 Å². The Hall–Kier alpha value is -2.76. The van der Waals surface area contributed by atoms with Crippen molar-refractivity contribution >= 4 is 35.2 Å². The number of hydrogen-bond acceptors (Lipinski definition) is 7. The highest BCUT2D eigenvalue weighted by Gasteiger charge is 2.31. The molecule has 3 rings (SSSR count). The zero-order chi connectivity index (χ0) is 23.3. The minimum atomic E-state index is -4.42. The topological polar surface area (TPSA) is 91.6 Å². The smallest absolute Gasteiger partial charge is 0.360 e. The summed E-state index contributed by atoms with van der Waals surface area (Å²) in [6.07, 6.45) is -2.93. The van der Waals surface area contributed by atoms with Gasteiger partial charge in [0.2, 0.25) is 11.8 Å². The zero-order valence-electron chi connectivity index (χ0n) is 17.7. The predicted molar refractivity (Wildman–Crippen MR) is 114 cm³/mol.